The zero-order valence-electron chi connectivity index (χ0n) is 31.5. The third-order valence-corrected chi connectivity index (χ3v) is 19.8. The minimum atomic E-state index is -1.68. The van der Waals surface area contributed by atoms with E-state index < -0.39 is 8.32 Å². The molecule has 1 aromatic carbocycles. The highest BCUT2D eigenvalue weighted by atomic mass is 28.4. The largest absolute Gasteiger partial charge is 0.417 e. The zero-order chi connectivity index (χ0) is 33.5. The van der Waals surface area contributed by atoms with Crippen molar-refractivity contribution in [2.24, 2.45) is 46.3 Å². The van der Waals surface area contributed by atoms with Crippen molar-refractivity contribution in [1.82, 2.24) is 0 Å². The summed E-state index contributed by atoms with van der Waals surface area (Å²) in [7, 11) is -1.68. The van der Waals surface area contributed by atoms with E-state index in [-0.39, 0.29) is 11.3 Å². The van der Waals surface area contributed by atoms with Gasteiger partial charge in [-0.2, -0.15) is 0 Å². The summed E-state index contributed by atoms with van der Waals surface area (Å²) in [5.74, 6) is 4.47. The molecule has 11 atom stereocenters. The van der Waals surface area contributed by atoms with Gasteiger partial charge in [0.05, 0.1) is 18.8 Å². The normalized spacial score (nSPS) is 39.9. The standard InChI is InChI=1S/C42H70O4Si/c1-30(15-14-26-45-47(7,8)40(2,3)4)34-19-20-35-39-36(22-24-42(34,35)6)41(5)23-21-33(46-38-18-12-13-25-43-38)27-32(41)28-37(39)44-29-31-16-10-9-11-17-31/h9-11,16-17,30,32-39H,12-15,18-29H2,1-8H3/t30-,32-,33+,34-,35+,36+,37-,38?,39+,41+,42-/m1/s1. The Morgan fingerprint density at radius 2 is 1.66 bits per heavy atom. The zero-order valence-corrected chi connectivity index (χ0v) is 32.5. The highest BCUT2D eigenvalue weighted by Gasteiger charge is 2.63. The number of fused-ring (bicyclic) bond motifs is 5. The van der Waals surface area contributed by atoms with Crippen molar-refractivity contribution >= 4 is 8.32 Å². The summed E-state index contributed by atoms with van der Waals surface area (Å²) in [5, 5.41) is 0.286. The second kappa shape index (κ2) is 14.5. The molecule has 1 unspecified atom stereocenters. The predicted molar refractivity (Wildman–Crippen MR) is 196 cm³/mol. The summed E-state index contributed by atoms with van der Waals surface area (Å²) in [5.41, 5.74) is 2.14. The number of hydrogen-bond acceptors (Lipinski definition) is 4. The summed E-state index contributed by atoms with van der Waals surface area (Å²) in [6, 6.07) is 10.9. The van der Waals surface area contributed by atoms with Gasteiger partial charge in [-0.3, -0.25) is 0 Å². The van der Waals surface area contributed by atoms with Gasteiger partial charge in [0.25, 0.3) is 0 Å². The Bertz CT molecular complexity index is 1140. The van der Waals surface area contributed by atoms with E-state index in [2.05, 4.69) is 85.0 Å². The van der Waals surface area contributed by atoms with E-state index in [9.17, 15) is 0 Å². The molecule has 1 aromatic rings. The molecule has 5 aliphatic rings. The summed E-state index contributed by atoms with van der Waals surface area (Å²) in [4.78, 5) is 0. The van der Waals surface area contributed by atoms with Crippen LogP contribution in [0, 0.1) is 46.3 Å². The molecule has 5 fully saturated rings. The second-order valence-electron chi connectivity index (χ2n) is 18.8. The molecule has 0 amide bonds. The van der Waals surface area contributed by atoms with Gasteiger partial charge in [0.2, 0.25) is 0 Å². The van der Waals surface area contributed by atoms with Gasteiger partial charge in [0, 0.05) is 13.2 Å². The molecule has 0 bridgehead atoms. The SMILES string of the molecule is C[C@H](CCCO[Si](C)(C)C(C)(C)C)[C@H]1CC[C@H]2[C@@H]3[C@H](OCc4ccccc4)C[C@H]4C[C@@H](OC5CCCCO5)CC[C@]4(C)[C@H]3CC[C@]12C. The lowest BCUT2D eigenvalue weighted by molar-refractivity contribution is -0.226. The average molecular weight is 667 g/mol. The van der Waals surface area contributed by atoms with Crippen LogP contribution in [-0.4, -0.2) is 40.0 Å². The monoisotopic (exact) mass is 667 g/mol. The second-order valence-corrected chi connectivity index (χ2v) is 23.7. The Morgan fingerprint density at radius 1 is 0.915 bits per heavy atom. The molecule has 4 saturated carbocycles. The van der Waals surface area contributed by atoms with Crippen LogP contribution in [0.4, 0.5) is 0 Å². The van der Waals surface area contributed by atoms with Gasteiger partial charge in [0.1, 0.15) is 0 Å². The van der Waals surface area contributed by atoms with Crippen molar-refractivity contribution in [1.29, 1.82) is 0 Å². The minimum Gasteiger partial charge on any atom is -0.417 e. The summed E-state index contributed by atoms with van der Waals surface area (Å²) in [6.45, 7) is 22.4. The first-order chi connectivity index (χ1) is 22.3. The van der Waals surface area contributed by atoms with E-state index >= 15 is 0 Å². The van der Waals surface area contributed by atoms with Gasteiger partial charge in [-0.1, -0.05) is 71.9 Å². The van der Waals surface area contributed by atoms with E-state index in [1.807, 2.05) is 0 Å². The molecule has 1 saturated heterocycles. The maximum atomic E-state index is 7.13. The first-order valence-corrected chi connectivity index (χ1v) is 22.8. The van der Waals surface area contributed by atoms with Crippen LogP contribution in [0.15, 0.2) is 30.3 Å². The van der Waals surface area contributed by atoms with Gasteiger partial charge in [-0.25, -0.2) is 0 Å². The Labute approximate surface area is 289 Å². The van der Waals surface area contributed by atoms with Crippen LogP contribution in [0.2, 0.25) is 18.1 Å². The third kappa shape index (κ3) is 7.51. The fourth-order valence-corrected chi connectivity index (χ4v) is 12.5. The Kier molecular flexibility index (Phi) is 11.1. The van der Waals surface area contributed by atoms with Crippen LogP contribution in [0.5, 0.6) is 0 Å². The number of benzene rings is 1. The Hall–Kier alpha value is -0.723. The molecule has 0 radical (unpaired) electrons. The Balaban J connectivity index is 1.16. The first kappa shape index (κ1) is 36.1. The number of hydrogen-bond donors (Lipinski definition) is 0. The van der Waals surface area contributed by atoms with Crippen molar-refractivity contribution in [2.75, 3.05) is 13.2 Å². The number of rotatable bonds is 11. The maximum Gasteiger partial charge on any atom is 0.191 e. The molecule has 4 nitrogen and oxygen atoms in total. The summed E-state index contributed by atoms with van der Waals surface area (Å²) < 4.78 is 26.4. The molecule has 266 valence electrons. The molecule has 0 N–H and O–H groups in total. The quantitative estimate of drug-likeness (QED) is 0.134. The molecule has 0 aromatic heterocycles. The van der Waals surface area contributed by atoms with Crippen LogP contribution >= 0.6 is 0 Å². The third-order valence-electron chi connectivity index (χ3n) is 15.2. The summed E-state index contributed by atoms with van der Waals surface area (Å²) >= 11 is 0. The van der Waals surface area contributed by atoms with Gasteiger partial charge >= 0.3 is 0 Å². The van der Waals surface area contributed by atoms with Gasteiger partial charge in [-0.05, 0) is 154 Å². The molecule has 1 heterocycles. The lowest BCUT2D eigenvalue weighted by atomic mass is 9.43. The van der Waals surface area contributed by atoms with Crippen molar-refractivity contribution < 1.29 is 18.6 Å². The predicted octanol–water partition coefficient (Wildman–Crippen LogP) is 11.2. The fourth-order valence-electron chi connectivity index (χ4n) is 11.4. The molecule has 0 spiro atoms. The lowest BCUT2D eigenvalue weighted by Gasteiger charge is -2.63. The first-order valence-electron chi connectivity index (χ1n) is 19.9. The Morgan fingerprint density at radius 3 is 2.38 bits per heavy atom. The van der Waals surface area contributed by atoms with Gasteiger partial charge in [-0.15, -0.1) is 0 Å². The number of ether oxygens (including phenoxy) is 3. The molecule has 1 aliphatic heterocycles. The van der Waals surface area contributed by atoms with Crippen LogP contribution in [0.3, 0.4) is 0 Å². The van der Waals surface area contributed by atoms with Crippen LogP contribution in [0.1, 0.15) is 131 Å². The molecule has 5 heteroatoms. The van der Waals surface area contributed by atoms with Crippen LogP contribution < -0.4 is 0 Å². The molecule has 47 heavy (non-hydrogen) atoms. The average Bonchev–Trinajstić information content (AvgIpc) is 3.40. The van der Waals surface area contributed by atoms with Crippen molar-refractivity contribution in [3.8, 4) is 0 Å². The van der Waals surface area contributed by atoms with Gasteiger partial charge in [0.15, 0.2) is 14.6 Å². The molecule has 4 aliphatic carbocycles. The van der Waals surface area contributed by atoms with Crippen molar-refractivity contribution in [3.63, 3.8) is 0 Å². The van der Waals surface area contributed by atoms with Crippen LogP contribution in [-0.2, 0) is 25.2 Å². The van der Waals surface area contributed by atoms with E-state index in [1.165, 1.54) is 82.6 Å². The molecule has 6 rings (SSSR count). The van der Waals surface area contributed by atoms with Gasteiger partial charge < -0.3 is 18.6 Å². The smallest absolute Gasteiger partial charge is 0.191 e. The molecular formula is C42H70O4Si. The highest BCUT2D eigenvalue weighted by Crippen LogP contribution is 2.69. The summed E-state index contributed by atoms with van der Waals surface area (Å²) in [6.07, 6.45) is 17.2. The van der Waals surface area contributed by atoms with E-state index in [4.69, 9.17) is 18.6 Å². The van der Waals surface area contributed by atoms with E-state index in [1.54, 1.807) is 0 Å². The maximum absolute atomic E-state index is 7.13. The minimum absolute atomic E-state index is 0.0194. The van der Waals surface area contributed by atoms with Crippen molar-refractivity contribution in [2.45, 2.75) is 168 Å². The fraction of sp³-hybridized carbons (Fsp3) is 0.857. The van der Waals surface area contributed by atoms with E-state index in [0.29, 0.717) is 34.9 Å². The topological polar surface area (TPSA) is 36.9 Å². The van der Waals surface area contributed by atoms with Crippen molar-refractivity contribution in [3.05, 3.63) is 35.9 Å². The van der Waals surface area contributed by atoms with Crippen LogP contribution in [0.25, 0.3) is 0 Å². The molecular weight excluding hydrogens is 597 g/mol. The van der Waals surface area contributed by atoms with E-state index in [0.717, 1.165) is 49.9 Å². The lowest BCUT2D eigenvalue weighted by Crippen LogP contribution is -2.59. The highest BCUT2D eigenvalue weighted by molar-refractivity contribution is 6.74.